The van der Waals surface area contributed by atoms with Crippen LogP contribution in [-0.4, -0.2) is 4.98 Å². The standard InChI is InChI=1S/C9H12N2/c1-6-7-3-2-4-8(7)9(10)5-11-6/h5H,2-4,10H2,1H3. The highest BCUT2D eigenvalue weighted by Gasteiger charge is 2.15. The van der Waals surface area contributed by atoms with Crippen LogP contribution in [0.2, 0.25) is 0 Å². The Balaban J connectivity index is 2.64. The van der Waals surface area contributed by atoms with E-state index in [0.717, 1.165) is 17.8 Å². The lowest BCUT2D eigenvalue weighted by atomic mass is 10.1. The van der Waals surface area contributed by atoms with Crippen molar-refractivity contribution in [2.45, 2.75) is 26.2 Å². The van der Waals surface area contributed by atoms with Crippen LogP contribution in [0, 0.1) is 6.92 Å². The fraction of sp³-hybridized carbons (Fsp3) is 0.444. The van der Waals surface area contributed by atoms with Crippen molar-refractivity contribution in [2.75, 3.05) is 5.73 Å². The molecule has 0 spiro atoms. The van der Waals surface area contributed by atoms with Gasteiger partial charge < -0.3 is 5.73 Å². The van der Waals surface area contributed by atoms with E-state index in [-0.39, 0.29) is 0 Å². The number of fused-ring (bicyclic) bond motifs is 1. The zero-order chi connectivity index (χ0) is 7.84. The van der Waals surface area contributed by atoms with Gasteiger partial charge in [0.2, 0.25) is 0 Å². The third-order valence-corrected chi connectivity index (χ3v) is 2.40. The van der Waals surface area contributed by atoms with E-state index in [1.54, 1.807) is 6.20 Å². The quantitative estimate of drug-likeness (QED) is 0.605. The predicted octanol–water partition coefficient (Wildman–Crippen LogP) is 1.46. The molecule has 1 aliphatic rings. The summed E-state index contributed by atoms with van der Waals surface area (Å²) in [5.74, 6) is 0. The monoisotopic (exact) mass is 148 g/mol. The number of hydrogen-bond donors (Lipinski definition) is 1. The number of hydrogen-bond acceptors (Lipinski definition) is 2. The molecule has 0 atom stereocenters. The number of nitrogen functional groups attached to an aromatic ring is 1. The molecule has 1 heterocycles. The molecular weight excluding hydrogens is 136 g/mol. The van der Waals surface area contributed by atoms with Crippen LogP contribution in [0.15, 0.2) is 6.20 Å². The van der Waals surface area contributed by atoms with E-state index in [0.29, 0.717) is 0 Å². The van der Waals surface area contributed by atoms with Crippen LogP contribution in [0.25, 0.3) is 0 Å². The number of aromatic nitrogens is 1. The van der Waals surface area contributed by atoms with Crippen molar-refractivity contribution >= 4 is 5.69 Å². The number of rotatable bonds is 0. The Morgan fingerprint density at radius 1 is 1.36 bits per heavy atom. The molecule has 0 saturated heterocycles. The largest absolute Gasteiger partial charge is 0.397 e. The lowest BCUT2D eigenvalue weighted by molar-refractivity contribution is 0.907. The molecule has 0 amide bonds. The van der Waals surface area contributed by atoms with Gasteiger partial charge in [-0.25, -0.2) is 0 Å². The fourth-order valence-corrected chi connectivity index (χ4v) is 1.78. The summed E-state index contributed by atoms with van der Waals surface area (Å²) in [5, 5.41) is 0. The summed E-state index contributed by atoms with van der Waals surface area (Å²) in [4.78, 5) is 4.23. The van der Waals surface area contributed by atoms with Crippen molar-refractivity contribution in [1.29, 1.82) is 0 Å². The summed E-state index contributed by atoms with van der Waals surface area (Å²) >= 11 is 0. The van der Waals surface area contributed by atoms with Crippen molar-refractivity contribution < 1.29 is 0 Å². The molecule has 0 aromatic carbocycles. The number of anilines is 1. The van der Waals surface area contributed by atoms with Crippen molar-refractivity contribution in [3.63, 3.8) is 0 Å². The molecule has 11 heavy (non-hydrogen) atoms. The number of nitrogens with zero attached hydrogens (tertiary/aromatic N) is 1. The summed E-state index contributed by atoms with van der Waals surface area (Å²) in [5.41, 5.74) is 10.6. The SMILES string of the molecule is Cc1ncc(N)c2c1CCC2. The highest BCUT2D eigenvalue weighted by molar-refractivity contribution is 5.52. The van der Waals surface area contributed by atoms with Crippen LogP contribution in [0.1, 0.15) is 23.2 Å². The van der Waals surface area contributed by atoms with Gasteiger partial charge in [-0.2, -0.15) is 0 Å². The predicted molar refractivity (Wildman–Crippen MR) is 45.4 cm³/mol. The van der Waals surface area contributed by atoms with Crippen LogP contribution in [0.4, 0.5) is 5.69 Å². The number of nitrogens with two attached hydrogens (primary N) is 1. The van der Waals surface area contributed by atoms with Gasteiger partial charge in [-0.3, -0.25) is 4.98 Å². The van der Waals surface area contributed by atoms with E-state index in [1.807, 2.05) is 0 Å². The Labute approximate surface area is 66.4 Å². The van der Waals surface area contributed by atoms with Gasteiger partial charge in [0.15, 0.2) is 0 Å². The van der Waals surface area contributed by atoms with Crippen LogP contribution < -0.4 is 5.73 Å². The van der Waals surface area contributed by atoms with Crippen molar-refractivity contribution in [1.82, 2.24) is 4.98 Å². The smallest absolute Gasteiger partial charge is 0.0536 e. The van der Waals surface area contributed by atoms with Crippen LogP contribution >= 0.6 is 0 Å². The molecule has 1 aromatic rings. The zero-order valence-electron chi connectivity index (χ0n) is 6.72. The topological polar surface area (TPSA) is 38.9 Å². The summed E-state index contributed by atoms with van der Waals surface area (Å²) in [6.45, 7) is 2.06. The Morgan fingerprint density at radius 2 is 2.09 bits per heavy atom. The fourth-order valence-electron chi connectivity index (χ4n) is 1.78. The Morgan fingerprint density at radius 3 is 2.82 bits per heavy atom. The van der Waals surface area contributed by atoms with Crippen LogP contribution in [0.3, 0.4) is 0 Å². The molecule has 1 aromatic heterocycles. The average molecular weight is 148 g/mol. The van der Waals surface area contributed by atoms with Gasteiger partial charge in [0.05, 0.1) is 11.9 Å². The Bertz CT molecular complexity index is 263. The van der Waals surface area contributed by atoms with E-state index >= 15 is 0 Å². The van der Waals surface area contributed by atoms with Crippen LogP contribution in [0.5, 0.6) is 0 Å². The molecule has 2 heteroatoms. The molecule has 0 fully saturated rings. The second kappa shape index (κ2) is 2.22. The van der Waals surface area contributed by atoms with E-state index < -0.39 is 0 Å². The summed E-state index contributed by atoms with van der Waals surface area (Å²) in [6, 6.07) is 0. The maximum absolute atomic E-state index is 5.78. The van der Waals surface area contributed by atoms with Crippen molar-refractivity contribution in [3.05, 3.63) is 23.0 Å². The second-order valence-corrected chi connectivity index (χ2v) is 3.11. The molecule has 58 valence electrons. The lowest BCUT2D eigenvalue weighted by Crippen LogP contribution is -1.97. The van der Waals surface area contributed by atoms with E-state index in [9.17, 15) is 0 Å². The van der Waals surface area contributed by atoms with E-state index in [2.05, 4.69) is 11.9 Å². The van der Waals surface area contributed by atoms with Gasteiger partial charge in [-0.15, -0.1) is 0 Å². The Kier molecular flexibility index (Phi) is 1.34. The van der Waals surface area contributed by atoms with Gasteiger partial charge >= 0.3 is 0 Å². The highest BCUT2D eigenvalue weighted by atomic mass is 14.7. The van der Waals surface area contributed by atoms with E-state index in [4.69, 9.17) is 5.73 Å². The minimum Gasteiger partial charge on any atom is -0.397 e. The molecule has 1 aliphatic carbocycles. The molecular formula is C9H12N2. The first-order valence-electron chi connectivity index (χ1n) is 4.02. The summed E-state index contributed by atoms with van der Waals surface area (Å²) in [7, 11) is 0. The lowest BCUT2D eigenvalue weighted by Gasteiger charge is -2.04. The minimum atomic E-state index is 0.878. The summed E-state index contributed by atoms with van der Waals surface area (Å²) in [6.07, 6.45) is 5.33. The average Bonchev–Trinajstić information content (AvgIpc) is 2.45. The molecule has 0 bridgehead atoms. The second-order valence-electron chi connectivity index (χ2n) is 3.11. The van der Waals surface area contributed by atoms with Crippen LogP contribution in [-0.2, 0) is 12.8 Å². The molecule has 0 unspecified atom stereocenters. The molecule has 2 rings (SSSR count). The first kappa shape index (κ1) is 6.65. The highest BCUT2D eigenvalue weighted by Crippen LogP contribution is 2.27. The number of aryl methyl sites for hydroxylation is 1. The third kappa shape index (κ3) is 0.897. The van der Waals surface area contributed by atoms with E-state index in [1.165, 1.54) is 24.0 Å². The Hall–Kier alpha value is -1.05. The third-order valence-electron chi connectivity index (χ3n) is 2.40. The van der Waals surface area contributed by atoms with Crippen molar-refractivity contribution in [3.8, 4) is 0 Å². The first-order chi connectivity index (χ1) is 5.29. The number of pyridine rings is 1. The molecule has 0 aliphatic heterocycles. The van der Waals surface area contributed by atoms with Gasteiger partial charge in [-0.1, -0.05) is 0 Å². The minimum absolute atomic E-state index is 0.878. The maximum Gasteiger partial charge on any atom is 0.0536 e. The van der Waals surface area contributed by atoms with Crippen molar-refractivity contribution in [2.24, 2.45) is 0 Å². The molecule has 0 radical (unpaired) electrons. The first-order valence-corrected chi connectivity index (χ1v) is 4.02. The molecule has 2 N–H and O–H groups in total. The normalized spacial score (nSPS) is 15.0. The van der Waals surface area contributed by atoms with Gasteiger partial charge in [0.25, 0.3) is 0 Å². The summed E-state index contributed by atoms with van der Waals surface area (Å²) < 4.78 is 0. The zero-order valence-corrected chi connectivity index (χ0v) is 6.72. The van der Waals surface area contributed by atoms with Gasteiger partial charge in [0, 0.05) is 5.69 Å². The van der Waals surface area contributed by atoms with Gasteiger partial charge in [0.1, 0.15) is 0 Å². The molecule has 0 saturated carbocycles. The molecule has 2 nitrogen and oxygen atoms in total. The van der Waals surface area contributed by atoms with Gasteiger partial charge in [-0.05, 0) is 37.3 Å². The maximum atomic E-state index is 5.78.